The highest BCUT2D eigenvalue weighted by Gasteiger charge is 2.30. The molecular weight excluding hydrogens is 362 g/mol. The number of methoxy groups -OCH3 is 1. The molecule has 2 heterocycles. The SMILES string of the molecule is COC(=O)c1c(C)cc(NC(=O)C2CCN(C(=O)OC(C)(C)C)CC2)nc1C. The molecule has 1 N–H and O–H groups in total. The van der Waals surface area contributed by atoms with Crippen molar-refractivity contribution >= 4 is 23.8 Å². The molecule has 2 amide bonds. The molecule has 0 saturated carbocycles. The number of aromatic nitrogens is 1. The number of rotatable bonds is 3. The van der Waals surface area contributed by atoms with Gasteiger partial charge in [-0.2, -0.15) is 0 Å². The number of pyridine rings is 1. The minimum atomic E-state index is -0.539. The summed E-state index contributed by atoms with van der Waals surface area (Å²) in [7, 11) is 1.32. The van der Waals surface area contributed by atoms with E-state index < -0.39 is 11.6 Å². The molecule has 2 rings (SSSR count). The van der Waals surface area contributed by atoms with Gasteiger partial charge in [0.1, 0.15) is 11.4 Å². The van der Waals surface area contributed by atoms with Crippen LogP contribution < -0.4 is 5.32 Å². The number of nitrogens with zero attached hydrogens (tertiary/aromatic N) is 2. The molecule has 1 aromatic rings. The monoisotopic (exact) mass is 391 g/mol. The molecule has 1 aliphatic rings. The maximum Gasteiger partial charge on any atom is 0.410 e. The Morgan fingerprint density at radius 3 is 2.29 bits per heavy atom. The van der Waals surface area contributed by atoms with Gasteiger partial charge in [-0.1, -0.05) is 0 Å². The van der Waals surface area contributed by atoms with E-state index in [9.17, 15) is 14.4 Å². The summed E-state index contributed by atoms with van der Waals surface area (Å²) in [6.45, 7) is 9.90. The van der Waals surface area contributed by atoms with Gasteiger partial charge in [-0.15, -0.1) is 0 Å². The first-order valence-electron chi connectivity index (χ1n) is 9.37. The topological polar surface area (TPSA) is 97.8 Å². The standard InChI is InChI=1S/C20H29N3O5/c1-12-11-15(21-13(2)16(12)18(25)27-6)22-17(24)14-7-9-23(10-8-14)19(26)28-20(3,4)5/h11,14H,7-10H2,1-6H3,(H,21,22,24). The number of likely N-dealkylation sites (tertiary alicyclic amines) is 1. The first-order chi connectivity index (χ1) is 13.0. The van der Waals surface area contributed by atoms with Gasteiger partial charge in [0.15, 0.2) is 0 Å². The van der Waals surface area contributed by atoms with Gasteiger partial charge in [0, 0.05) is 19.0 Å². The summed E-state index contributed by atoms with van der Waals surface area (Å²) in [5, 5.41) is 2.82. The van der Waals surface area contributed by atoms with Crippen molar-refractivity contribution in [2.24, 2.45) is 5.92 Å². The van der Waals surface area contributed by atoms with Crippen LogP contribution in [-0.4, -0.2) is 53.7 Å². The van der Waals surface area contributed by atoms with Crippen molar-refractivity contribution in [2.75, 3.05) is 25.5 Å². The summed E-state index contributed by atoms with van der Waals surface area (Å²) < 4.78 is 10.1. The summed E-state index contributed by atoms with van der Waals surface area (Å²) in [5.74, 6) is -0.389. The molecule has 0 spiro atoms. The van der Waals surface area contributed by atoms with Crippen molar-refractivity contribution in [2.45, 2.75) is 53.1 Å². The quantitative estimate of drug-likeness (QED) is 0.795. The number of amides is 2. The molecule has 0 atom stereocenters. The van der Waals surface area contributed by atoms with Crippen LogP contribution in [0.5, 0.6) is 0 Å². The van der Waals surface area contributed by atoms with E-state index in [0.29, 0.717) is 48.6 Å². The van der Waals surface area contributed by atoms with E-state index in [4.69, 9.17) is 9.47 Å². The Balaban J connectivity index is 1.96. The number of hydrogen-bond donors (Lipinski definition) is 1. The molecular formula is C20H29N3O5. The van der Waals surface area contributed by atoms with Crippen LogP contribution >= 0.6 is 0 Å². The van der Waals surface area contributed by atoms with E-state index in [0.717, 1.165) is 0 Å². The molecule has 0 aromatic carbocycles. The second-order valence-corrected chi connectivity index (χ2v) is 8.01. The zero-order valence-corrected chi connectivity index (χ0v) is 17.4. The number of carbonyl (C=O) groups excluding carboxylic acids is 3. The average Bonchev–Trinajstić information content (AvgIpc) is 2.59. The Kier molecular flexibility index (Phi) is 6.64. The zero-order valence-electron chi connectivity index (χ0n) is 17.4. The van der Waals surface area contributed by atoms with Crippen LogP contribution in [0.1, 0.15) is 55.2 Å². The second-order valence-electron chi connectivity index (χ2n) is 8.01. The van der Waals surface area contributed by atoms with E-state index in [-0.39, 0.29) is 17.9 Å². The first kappa shape index (κ1) is 21.7. The number of ether oxygens (including phenoxy) is 2. The smallest absolute Gasteiger partial charge is 0.410 e. The van der Waals surface area contributed by atoms with Crippen LogP contribution in [-0.2, 0) is 14.3 Å². The van der Waals surface area contributed by atoms with E-state index in [1.807, 2.05) is 20.8 Å². The van der Waals surface area contributed by atoms with Crippen molar-refractivity contribution in [3.63, 3.8) is 0 Å². The highest BCUT2D eigenvalue weighted by Crippen LogP contribution is 2.22. The minimum absolute atomic E-state index is 0.138. The molecule has 154 valence electrons. The molecule has 1 fully saturated rings. The number of carbonyl (C=O) groups is 3. The molecule has 0 aliphatic carbocycles. The summed E-state index contributed by atoms with van der Waals surface area (Å²) in [4.78, 5) is 42.5. The van der Waals surface area contributed by atoms with Gasteiger partial charge in [0.25, 0.3) is 0 Å². The van der Waals surface area contributed by atoms with Crippen LogP contribution in [0.4, 0.5) is 10.6 Å². The maximum absolute atomic E-state index is 12.6. The first-order valence-corrected chi connectivity index (χ1v) is 9.37. The lowest BCUT2D eigenvalue weighted by atomic mass is 9.96. The predicted octanol–water partition coefficient (Wildman–Crippen LogP) is 3.07. The summed E-state index contributed by atoms with van der Waals surface area (Å²) >= 11 is 0. The van der Waals surface area contributed by atoms with Gasteiger partial charge < -0.3 is 19.7 Å². The molecule has 0 unspecified atom stereocenters. The number of aryl methyl sites for hydroxylation is 2. The normalized spacial score (nSPS) is 15.1. The Morgan fingerprint density at radius 1 is 1.18 bits per heavy atom. The molecule has 1 aliphatic heterocycles. The Bertz CT molecular complexity index is 739. The summed E-state index contributed by atoms with van der Waals surface area (Å²) in [6, 6.07) is 1.66. The molecule has 1 saturated heterocycles. The number of hydrogen-bond acceptors (Lipinski definition) is 6. The Labute approximate surface area is 165 Å². The lowest BCUT2D eigenvalue weighted by molar-refractivity contribution is -0.121. The van der Waals surface area contributed by atoms with Gasteiger partial charge in [0.05, 0.1) is 18.4 Å². The van der Waals surface area contributed by atoms with E-state index in [2.05, 4.69) is 10.3 Å². The van der Waals surface area contributed by atoms with Crippen molar-refractivity contribution in [1.82, 2.24) is 9.88 Å². The number of esters is 1. The molecule has 28 heavy (non-hydrogen) atoms. The van der Waals surface area contributed by atoms with Crippen molar-refractivity contribution in [3.8, 4) is 0 Å². The second kappa shape index (κ2) is 8.58. The van der Waals surface area contributed by atoms with Crippen LogP contribution in [0.2, 0.25) is 0 Å². The highest BCUT2D eigenvalue weighted by molar-refractivity contribution is 5.94. The summed E-state index contributed by atoms with van der Waals surface area (Å²) in [6.07, 6.45) is 0.768. The third kappa shape index (κ3) is 5.43. The van der Waals surface area contributed by atoms with Gasteiger partial charge in [-0.3, -0.25) is 4.79 Å². The molecule has 0 radical (unpaired) electrons. The third-order valence-electron chi connectivity index (χ3n) is 4.56. The fourth-order valence-corrected chi connectivity index (χ4v) is 3.19. The Morgan fingerprint density at radius 2 is 1.79 bits per heavy atom. The van der Waals surface area contributed by atoms with E-state index in [1.54, 1.807) is 24.8 Å². The van der Waals surface area contributed by atoms with Crippen molar-refractivity contribution in [1.29, 1.82) is 0 Å². The van der Waals surface area contributed by atoms with Crippen LogP contribution in [0, 0.1) is 19.8 Å². The van der Waals surface area contributed by atoms with Crippen LogP contribution in [0.3, 0.4) is 0 Å². The van der Waals surface area contributed by atoms with Crippen LogP contribution in [0.15, 0.2) is 6.07 Å². The number of nitrogens with one attached hydrogen (secondary N) is 1. The van der Waals surface area contributed by atoms with Crippen LogP contribution in [0.25, 0.3) is 0 Å². The Hall–Kier alpha value is -2.64. The number of piperidine rings is 1. The van der Waals surface area contributed by atoms with Crippen molar-refractivity contribution < 1.29 is 23.9 Å². The third-order valence-corrected chi connectivity index (χ3v) is 4.56. The van der Waals surface area contributed by atoms with Gasteiger partial charge >= 0.3 is 12.1 Å². The van der Waals surface area contributed by atoms with Gasteiger partial charge in [-0.25, -0.2) is 14.6 Å². The van der Waals surface area contributed by atoms with Crippen molar-refractivity contribution in [3.05, 3.63) is 22.9 Å². The predicted molar refractivity (Wildman–Crippen MR) is 104 cm³/mol. The molecule has 1 aromatic heterocycles. The van der Waals surface area contributed by atoms with E-state index >= 15 is 0 Å². The highest BCUT2D eigenvalue weighted by atomic mass is 16.6. The maximum atomic E-state index is 12.6. The lowest BCUT2D eigenvalue weighted by Gasteiger charge is -2.32. The average molecular weight is 391 g/mol. The largest absolute Gasteiger partial charge is 0.465 e. The summed E-state index contributed by atoms with van der Waals surface area (Å²) in [5.41, 5.74) is 1.06. The number of anilines is 1. The molecule has 0 bridgehead atoms. The zero-order chi connectivity index (χ0) is 21.1. The molecule has 8 nitrogen and oxygen atoms in total. The van der Waals surface area contributed by atoms with E-state index in [1.165, 1.54) is 7.11 Å². The minimum Gasteiger partial charge on any atom is -0.465 e. The lowest BCUT2D eigenvalue weighted by Crippen LogP contribution is -2.43. The van der Waals surface area contributed by atoms with Gasteiger partial charge in [0.2, 0.25) is 5.91 Å². The van der Waals surface area contributed by atoms with Gasteiger partial charge in [-0.05, 0) is 59.1 Å². The fourth-order valence-electron chi connectivity index (χ4n) is 3.19. The fraction of sp³-hybridized carbons (Fsp3) is 0.600. The molecule has 8 heteroatoms.